The van der Waals surface area contributed by atoms with Gasteiger partial charge in [0.15, 0.2) is 6.61 Å². The zero-order valence-corrected chi connectivity index (χ0v) is 13.9. The summed E-state index contributed by atoms with van der Waals surface area (Å²) >= 11 is 0. The van der Waals surface area contributed by atoms with Crippen molar-refractivity contribution in [2.24, 2.45) is 5.92 Å². The summed E-state index contributed by atoms with van der Waals surface area (Å²) in [7, 11) is 1.55. The number of hydrogen-bond acceptors (Lipinski definition) is 5. The molecular formula is C19H19NO5. The van der Waals surface area contributed by atoms with Crippen molar-refractivity contribution in [1.29, 1.82) is 0 Å². The summed E-state index contributed by atoms with van der Waals surface area (Å²) in [5.41, 5.74) is 1.55. The molecule has 0 saturated carbocycles. The first-order chi connectivity index (χ1) is 12.2. The van der Waals surface area contributed by atoms with Gasteiger partial charge < -0.3 is 19.5 Å². The molecule has 0 aromatic heterocycles. The number of methoxy groups -OCH3 is 1. The third kappa shape index (κ3) is 4.29. The molecule has 1 amide bonds. The average Bonchev–Trinajstić information content (AvgIpc) is 2.65. The quantitative estimate of drug-likeness (QED) is 0.846. The molecule has 1 N–H and O–H groups in total. The molecule has 2 aromatic carbocycles. The number of hydrogen-bond donors (Lipinski definition) is 1. The van der Waals surface area contributed by atoms with E-state index in [4.69, 9.17) is 14.2 Å². The van der Waals surface area contributed by atoms with Gasteiger partial charge in [-0.25, -0.2) is 0 Å². The SMILES string of the molecule is COc1cccc(NC(=O)COC(=O)C2COc3ccccc3C2)c1. The molecular weight excluding hydrogens is 322 g/mol. The second kappa shape index (κ2) is 7.70. The lowest BCUT2D eigenvalue weighted by atomic mass is 9.97. The minimum absolute atomic E-state index is 0.257. The second-order valence-electron chi connectivity index (χ2n) is 5.71. The van der Waals surface area contributed by atoms with E-state index in [0.29, 0.717) is 17.9 Å². The van der Waals surface area contributed by atoms with E-state index in [1.165, 1.54) is 0 Å². The second-order valence-corrected chi connectivity index (χ2v) is 5.71. The monoisotopic (exact) mass is 341 g/mol. The molecule has 1 unspecified atom stereocenters. The van der Waals surface area contributed by atoms with Crippen molar-refractivity contribution in [3.63, 3.8) is 0 Å². The minimum atomic E-state index is -0.435. The van der Waals surface area contributed by atoms with Gasteiger partial charge in [0.05, 0.1) is 13.0 Å². The van der Waals surface area contributed by atoms with Gasteiger partial charge in [-0.15, -0.1) is 0 Å². The van der Waals surface area contributed by atoms with E-state index >= 15 is 0 Å². The number of benzene rings is 2. The first-order valence-corrected chi connectivity index (χ1v) is 7.97. The van der Waals surface area contributed by atoms with E-state index in [9.17, 15) is 9.59 Å². The molecule has 2 aromatic rings. The van der Waals surface area contributed by atoms with Gasteiger partial charge in [-0.3, -0.25) is 9.59 Å². The van der Waals surface area contributed by atoms with Crippen molar-refractivity contribution in [2.75, 3.05) is 25.6 Å². The van der Waals surface area contributed by atoms with Crippen LogP contribution in [0.3, 0.4) is 0 Å². The molecule has 6 nitrogen and oxygen atoms in total. The smallest absolute Gasteiger partial charge is 0.313 e. The maximum Gasteiger partial charge on any atom is 0.313 e. The normalized spacial score (nSPS) is 15.5. The molecule has 0 saturated heterocycles. The minimum Gasteiger partial charge on any atom is -0.497 e. The van der Waals surface area contributed by atoms with E-state index in [2.05, 4.69) is 5.32 Å². The maximum atomic E-state index is 12.2. The zero-order chi connectivity index (χ0) is 17.6. The van der Waals surface area contributed by atoms with Crippen LogP contribution in [0.5, 0.6) is 11.5 Å². The largest absolute Gasteiger partial charge is 0.497 e. The van der Waals surface area contributed by atoms with Gasteiger partial charge in [-0.05, 0) is 30.2 Å². The molecule has 1 atom stereocenters. The van der Waals surface area contributed by atoms with E-state index in [1.54, 1.807) is 31.4 Å². The lowest BCUT2D eigenvalue weighted by Gasteiger charge is -2.23. The highest BCUT2D eigenvalue weighted by Gasteiger charge is 2.27. The molecule has 0 fully saturated rings. The van der Waals surface area contributed by atoms with Crippen LogP contribution in [-0.2, 0) is 20.7 Å². The fourth-order valence-corrected chi connectivity index (χ4v) is 2.63. The molecule has 1 aliphatic rings. The van der Waals surface area contributed by atoms with Crippen LogP contribution in [-0.4, -0.2) is 32.2 Å². The molecule has 25 heavy (non-hydrogen) atoms. The van der Waals surface area contributed by atoms with Crippen molar-refractivity contribution >= 4 is 17.6 Å². The molecule has 0 bridgehead atoms. The van der Waals surface area contributed by atoms with Gasteiger partial charge >= 0.3 is 5.97 Å². The third-order valence-electron chi connectivity index (χ3n) is 3.91. The third-order valence-corrected chi connectivity index (χ3v) is 3.91. The summed E-state index contributed by atoms with van der Waals surface area (Å²) in [5.74, 6) is 0.184. The number of fused-ring (bicyclic) bond motifs is 1. The molecule has 0 spiro atoms. The van der Waals surface area contributed by atoms with Crippen LogP contribution in [0.2, 0.25) is 0 Å². The highest BCUT2D eigenvalue weighted by atomic mass is 16.5. The van der Waals surface area contributed by atoms with Crippen LogP contribution >= 0.6 is 0 Å². The standard InChI is InChI=1S/C19H19NO5/c1-23-16-7-4-6-15(10-16)20-18(21)12-25-19(22)14-9-13-5-2-3-8-17(13)24-11-14/h2-8,10,14H,9,11-12H2,1H3,(H,20,21). The Morgan fingerprint density at radius 1 is 1.20 bits per heavy atom. The van der Waals surface area contributed by atoms with E-state index in [1.807, 2.05) is 24.3 Å². The molecule has 6 heteroatoms. The Labute approximate surface area is 145 Å². The van der Waals surface area contributed by atoms with Crippen molar-refractivity contribution in [1.82, 2.24) is 0 Å². The van der Waals surface area contributed by atoms with Gasteiger partial charge in [0, 0.05) is 11.8 Å². The summed E-state index contributed by atoms with van der Waals surface area (Å²) in [5, 5.41) is 2.66. The van der Waals surface area contributed by atoms with Crippen molar-refractivity contribution in [2.45, 2.75) is 6.42 Å². The maximum absolute atomic E-state index is 12.2. The number of carbonyl (C=O) groups excluding carboxylic acids is 2. The molecule has 3 rings (SSSR count). The zero-order valence-electron chi connectivity index (χ0n) is 13.9. The van der Waals surface area contributed by atoms with Crippen LogP contribution in [0.1, 0.15) is 5.56 Å². The summed E-state index contributed by atoms with van der Waals surface area (Å²) in [4.78, 5) is 24.1. The number of anilines is 1. The fraction of sp³-hybridized carbons (Fsp3) is 0.263. The number of rotatable bonds is 5. The van der Waals surface area contributed by atoms with E-state index < -0.39 is 17.8 Å². The lowest BCUT2D eigenvalue weighted by molar-refractivity contribution is -0.152. The lowest BCUT2D eigenvalue weighted by Crippen LogP contribution is -2.31. The predicted octanol–water partition coefficient (Wildman–Crippen LogP) is 2.43. The Bertz CT molecular complexity index is 774. The number of carbonyl (C=O) groups is 2. The highest BCUT2D eigenvalue weighted by Crippen LogP contribution is 2.27. The first kappa shape index (κ1) is 16.8. The molecule has 0 radical (unpaired) electrons. The van der Waals surface area contributed by atoms with E-state index in [0.717, 1.165) is 11.3 Å². The summed E-state index contributed by atoms with van der Waals surface area (Å²) in [6.45, 7) is -0.0818. The Balaban J connectivity index is 1.50. The predicted molar refractivity (Wildman–Crippen MR) is 91.7 cm³/mol. The Morgan fingerprint density at radius 2 is 2.04 bits per heavy atom. The number of para-hydroxylation sites is 1. The van der Waals surface area contributed by atoms with Crippen LogP contribution in [0, 0.1) is 5.92 Å². The summed E-state index contributed by atoms with van der Waals surface area (Å²) in [6, 6.07) is 14.5. The summed E-state index contributed by atoms with van der Waals surface area (Å²) < 4.78 is 15.8. The van der Waals surface area contributed by atoms with Crippen LogP contribution in [0.4, 0.5) is 5.69 Å². The number of esters is 1. The van der Waals surface area contributed by atoms with Gasteiger partial charge in [-0.1, -0.05) is 24.3 Å². The Kier molecular flexibility index (Phi) is 5.18. The summed E-state index contributed by atoms with van der Waals surface area (Å²) in [6.07, 6.45) is 0.548. The van der Waals surface area contributed by atoms with Gasteiger partial charge in [0.25, 0.3) is 5.91 Å². The number of nitrogens with one attached hydrogen (secondary N) is 1. The number of ether oxygens (including phenoxy) is 3. The Hall–Kier alpha value is -3.02. The molecule has 130 valence electrons. The van der Waals surface area contributed by atoms with Crippen molar-refractivity contribution in [3.05, 3.63) is 54.1 Å². The Morgan fingerprint density at radius 3 is 2.88 bits per heavy atom. The van der Waals surface area contributed by atoms with Crippen molar-refractivity contribution < 1.29 is 23.8 Å². The van der Waals surface area contributed by atoms with Gasteiger partial charge in [0.2, 0.25) is 0 Å². The molecule has 1 aliphatic heterocycles. The number of amides is 1. The average molecular weight is 341 g/mol. The van der Waals surface area contributed by atoms with Crippen LogP contribution < -0.4 is 14.8 Å². The topological polar surface area (TPSA) is 73.9 Å². The van der Waals surface area contributed by atoms with Crippen LogP contribution in [0.25, 0.3) is 0 Å². The molecule has 0 aliphatic carbocycles. The van der Waals surface area contributed by atoms with Gasteiger partial charge in [0.1, 0.15) is 18.1 Å². The molecule has 1 heterocycles. The van der Waals surface area contributed by atoms with Gasteiger partial charge in [-0.2, -0.15) is 0 Å². The fourth-order valence-electron chi connectivity index (χ4n) is 2.63. The van der Waals surface area contributed by atoms with Crippen molar-refractivity contribution in [3.8, 4) is 11.5 Å². The van der Waals surface area contributed by atoms with Crippen LogP contribution in [0.15, 0.2) is 48.5 Å². The van der Waals surface area contributed by atoms with E-state index in [-0.39, 0.29) is 13.2 Å². The first-order valence-electron chi connectivity index (χ1n) is 7.97. The highest BCUT2D eigenvalue weighted by molar-refractivity contribution is 5.93.